The second-order valence-corrected chi connectivity index (χ2v) is 11.0. The molecule has 0 atom stereocenters. The number of fused-ring (bicyclic) bond motifs is 11. The van der Waals surface area contributed by atoms with Crippen LogP contribution in [0.4, 0.5) is 0 Å². The second-order valence-electron chi connectivity index (χ2n) is 10.00. The summed E-state index contributed by atoms with van der Waals surface area (Å²) in [5.41, 5.74) is 7.04. The molecule has 4 heteroatoms. The van der Waals surface area contributed by atoms with Gasteiger partial charge in [0.1, 0.15) is 0 Å². The summed E-state index contributed by atoms with van der Waals surface area (Å²) >= 11 is 1.75. The first-order valence-electron chi connectivity index (χ1n) is 13.2. The molecule has 0 unspecified atom stereocenters. The van der Waals surface area contributed by atoms with Crippen molar-refractivity contribution in [3.05, 3.63) is 127 Å². The van der Waals surface area contributed by atoms with Gasteiger partial charge in [-0.2, -0.15) is 0 Å². The highest BCUT2D eigenvalue weighted by molar-refractivity contribution is 7.20. The third-order valence-electron chi connectivity index (χ3n) is 7.93. The topological polar surface area (TPSA) is 22.8 Å². The molecule has 6 aromatic carbocycles. The van der Waals surface area contributed by atoms with Gasteiger partial charge in [0.25, 0.3) is 0 Å². The molecule has 39 heavy (non-hydrogen) atoms. The lowest BCUT2D eigenvalue weighted by Gasteiger charge is -2.11. The molecule has 0 saturated heterocycles. The summed E-state index contributed by atoms with van der Waals surface area (Å²) < 4.78 is 6.04. The molecule has 0 bridgehead atoms. The Balaban J connectivity index is 1.62. The van der Waals surface area contributed by atoms with Gasteiger partial charge in [0.15, 0.2) is 5.13 Å². The van der Waals surface area contributed by atoms with Crippen LogP contribution in [0.2, 0.25) is 0 Å². The summed E-state index contributed by atoms with van der Waals surface area (Å²) in [6.45, 7) is 0. The summed E-state index contributed by atoms with van der Waals surface area (Å²) in [7, 11) is 0. The Kier molecular flexibility index (Phi) is 4.21. The lowest BCUT2D eigenvalue weighted by Crippen LogP contribution is -1.96. The SMILES string of the molecule is c1ccc(-n2c3ccccc3c3c4ccccc4c4c(c5ccccc5n4-c4nc5ccccc5s4)c32)cc1. The Bertz CT molecular complexity index is 2360. The van der Waals surface area contributed by atoms with E-state index < -0.39 is 0 Å². The van der Waals surface area contributed by atoms with Crippen molar-refractivity contribution in [2.45, 2.75) is 0 Å². The van der Waals surface area contributed by atoms with Crippen LogP contribution in [0.1, 0.15) is 0 Å². The predicted octanol–water partition coefficient (Wildman–Crippen LogP) is 9.64. The van der Waals surface area contributed by atoms with Crippen LogP contribution in [0.5, 0.6) is 0 Å². The third kappa shape index (κ3) is 2.78. The highest BCUT2D eigenvalue weighted by Gasteiger charge is 2.24. The molecular weight excluding hydrogens is 494 g/mol. The summed E-state index contributed by atoms with van der Waals surface area (Å²) in [6, 6.07) is 45.6. The average molecular weight is 516 g/mol. The first-order chi connectivity index (χ1) is 19.4. The Morgan fingerprint density at radius 2 is 1.05 bits per heavy atom. The number of hydrogen-bond donors (Lipinski definition) is 0. The van der Waals surface area contributed by atoms with E-state index in [0.717, 1.165) is 16.3 Å². The number of aromatic nitrogens is 3. The van der Waals surface area contributed by atoms with Crippen LogP contribution < -0.4 is 0 Å². The van der Waals surface area contributed by atoms with Crippen molar-refractivity contribution in [1.82, 2.24) is 14.1 Å². The molecule has 182 valence electrons. The molecule has 3 aromatic heterocycles. The fraction of sp³-hybridized carbons (Fsp3) is 0. The van der Waals surface area contributed by atoms with Gasteiger partial charge in [-0.05, 0) is 41.8 Å². The van der Waals surface area contributed by atoms with Gasteiger partial charge in [-0.3, -0.25) is 4.57 Å². The highest BCUT2D eigenvalue weighted by Crippen LogP contribution is 2.47. The largest absolute Gasteiger partial charge is 0.309 e. The maximum Gasteiger partial charge on any atom is 0.195 e. The van der Waals surface area contributed by atoms with E-state index in [2.05, 4.69) is 137 Å². The van der Waals surface area contributed by atoms with Crippen LogP contribution in [0, 0.1) is 0 Å². The normalized spacial score (nSPS) is 12.1. The molecule has 0 N–H and O–H groups in total. The van der Waals surface area contributed by atoms with Crippen molar-refractivity contribution in [3.8, 4) is 10.8 Å². The predicted molar refractivity (Wildman–Crippen MR) is 166 cm³/mol. The van der Waals surface area contributed by atoms with Crippen LogP contribution in [-0.2, 0) is 0 Å². The Labute approximate surface area is 227 Å². The van der Waals surface area contributed by atoms with Crippen molar-refractivity contribution < 1.29 is 0 Å². The van der Waals surface area contributed by atoms with Crippen LogP contribution in [0.25, 0.3) is 75.4 Å². The minimum Gasteiger partial charge on any atom is -0.309 e. The number of rotatable bonds is 2. The molecule has 0 aliphatic rings. The van der Waals surface area contributed by atoms with Crippen LogP contribution in [-0.4, -0.2) is 14.1 Å². The van der Waals surface area contributed by atoms with Crippen molar-refractivity contribution in [1.29, 1.82) is 0 Å². The van der Waals surface area contributed by atoms with E-state index in [9.17, 15) is 0 Å². The minimum absolute atomic E-state index is 0.995. The zero-order valence-corrected chi connectivity index (χ0v) is 21.7. The lowest BCUT2D eigenvalue weighted by atomic mass is 9.99. The molecule has 0 fully saturated rings. The maximum atomic E-state index is 5.14. The average Bonchev–Trinajstić information content (AvgIpc) is 3.67. The monoisotopic (exact) mass is 515 g/mol. The van der Waals surface area contributed by atoms with Gasteiger partial charge in [0, 0.05) is 32.6 Å². The number of para-hydroxylation sites is 4. The first kappa shape index (κ1) is 21.1. The van der Waals surface area contributed by atoms with Gasteiger partial charge in [-0.1, -0.05) is 102 Å². The zero-order chi connectivity index (χ0) is 25.5. The standard InChI is InChI=1S/C35H21N3S/c1-2-12-22(13-3-1)37-28-19-9-6-16-25(28)31-23-14-4-5-15-24(23)33-32(34(31)37)26-17-7-10-20-29(26)38(33)35-36-27-18-8-11-21-30(27)39-35/h1-21H. The molecule has 9 rings (SSSR count). The first-order valence-corrected chi connectivity index (χ1v) is 14.0. The molecule has 3 nitrogen and oxygen atoms in total. The number of nitrogens with zero attached hydrogens (tertiary/aromatic N) is 3. The Morgan fingerprint density at radius 1 is 0.462 bits per heavy atom. The number of hydrogen-bond acceptors (Lipinski definition) is 2. The molecule has 0 aliphatic carbocycles. The maximum absolute atomic E-state index is 5.14. The van der Waals surface area contributed by atoms with E-state index in [1.165, 1.54) is 59.1 Å². The van der Waals surface area contributed by atoms with Gasteiger partial charge in [-0.15, -0.1) is 0 Å². The quantitative estimate of drug-likeness (QED) is 0.225. The Hall–Kier alpha value is -4.93. The third-order valence-corrected chi connectivity index (χ3v) is 8.95. The smallest absolute Gasteiger partial charge is 0.195 e. The van der Waals surface area contributed by atoms with E-state index >= 15 is 0 Å². The second kappa shape index (κ2) is 7.79. The van der Waals surface area contributed by atoms with Crippen molar-refractivity contribution >= 4 is 75.9 Å². The minimum atomic E-state index is 0.995. The van der Waals surface area contributed by atoms with Crippen LogP contribution in [0.3, 0.4) is 0 Å². The molecule has 0 aliphatic heterocycles. The van der Waals surface area contributed by atoms with E-state index in [1.54, 1.807) is 11.3 Å². The molecule has 9 aromatic rings. The van der Waals surface area contributed by atoms with E-state index in [-0.39, 0.29) is 0 Å². The fourth-order valence-corrected chi connectivity index (χ4v) is 7.38. The van der Waals surface area contributed by atoms with Gasteiger partial charge >= 0.3 is 0 Å². The van der Waals surface area contributed by atoms with Gasteiger partial charge in [0.2, 0.25) is 0 Å². The van der Waals surface area contributed by atoms with E-state index in [0.29, 0.717) is 0 Å². The molecular formula is C35H21N3S. The molecule has 0 amide bonds. The fourth-order valence-electron chi connectivity index (χ4n) is 6.39. The van der Waals surface area contributed by atoms with Gasteiger partial charge in [-0.25, -0.2) is 4.98 Å². The number of thiazole rings is 1. The van der Waals surface area contributed by atoms with Gasteiger partial charge in [0.05, 0.1) is 32.3 Å². The lowest BCUT2D eigenvalue weighted by molar-refractivity contribution is 1.15. The van der Waals surface area contributed by atoms with Gasteiger partial charge < -0.3 is 4.57 Å². The summed E-state index contributed by atoms with van der Waals surface area (Å²) in [4.78, 5) is 5.14. The molecule has 0 radical (unpaired) electrons. The van der Waals surface area contributed by atoms with Crippen LogP contribution >= 0.6 is 11.3 Å². The molecule has 0 spiro atoms. The summed E-state index contributed by atoms with van der Waals surface area (Å²) in [6.07, 6.45) is 0. The zero-order valence-electron chi connectivity index (χ0n) is 20.9. The summed E-state index contributed by atoms with van der Waals surface area (Å²) in [5.74, 6) is 0. The molecule has 0 saturated carbocycles. The van der Waals surface area contributed by atoms with E-state index in [1.807, 2.05) is 0 Å². The van der Waals surface area contributed by atoms with Crippen molar-refractivity contribution in [2.75, 3.05) is 0 Å². The Morgan fingerprint density at radius 3 is 1.82 bits per heavy atom. The highest BCUT2D eigenvalue weighted by atomic mass is 32.1. The summed E-state index contributed by atoms with van der Waals surface area (Å²) in [5, 5.41) is 8.56. The van der Waals surface area contributed by atoms with Crippen molar-refractivity contribution in [2.24, 2.45) is 0 Å². The van der Waals surface area contributed by atoms with Crippen molar-refractivity contribution in [3.63, 3.8) is 0 Å². The molecule has 3 heterocycles. The van der Waals surface area contributed by atoms with Crippen LogP contribution in [0.15, 0.2) is 127 Å². The number of benzene rings is 6. The van der Waals surface area contributed by atoms with E-state index in [4.69, 9.17) is 4.98 Å².